The third-order valence-corrected chi connectivity index (χ3v) is 8.28. The number of benzene rings is 3. The summed E-state index contributed by atoms with van der Waals surface area (Å²) in [6.07, 6.45) is 8.88. The molecule has 0 radical (unpaired) electrons. The fourth-order valence-electron chi connectivity index (χ4n) is 5.19. The van der Waals surface area contributed by atoms with Crippen molar-refractivity contribution < 1.29 is 71.4 Å². The highest BCUT2D eigenvalue weighted by Crippen LogP contribution is 2.17. The van der Waals surface area contributed by atoms with Crippen LogP contribution in [0.4, 0.5) is 0 Å². The first-order valence-corrected chi connectivity index (χ1v) is 20.8. The average molecular weight is 873 g/mol. The number of hydrogen-bond donors (Lipinski definition) is 0. The predicted molar refractivity (Wildman–Crippen MR) is 232 cm³/mol. The van der Waals surface area contributed by atoms with Crippen LogP contribution in [0.25, 0.3) is 18.2 Å². The van der Waals surface area contributed by atoms with Crippen molar-refractivity contribution >= 4 is 54.0 Å². The van der Waals surface area contributed by atoms with Crippen LogP contribution in [0.1, 0.15) is 76.0 Å². The molecular weight excluding hydrogens is 817 g/mol. The molecule has 0 N–H and O–H groups in total. The van der Waals surface area contributed by atoms with Crippen LogP contribution in [0.5, 0.6) is 17.2 Å². The zero-order chi connectivity index (χ0) is 45.5. The second-order valence-electron chi connectivity index (χ2n) is 13.3. The lowest BCUT2D eigenvalue weighted by Gasteiger charge is -2.18. The monoisotopic (exact) mass is 872 g/mol. The molecule has 3 aromatic rings. The Morgan fingerprint density at radius 2 is 0.730 bits per heavy atom. The largest absolute Gasteiger partial charge is 0.494 e. The maximum Gasteiger partial charge on any atom is 0.330 e. The van der Waals surface area contributed by atoms with Gasteiger partial charge in [-0.1, -0.05) is 36.4 Å². The van der Waals surface area contributed by atoms with Gasteiger partial charge in [-0.2, -0.15) is 0 Å². The van der Waals surface area contributed by atoms with Crippen molar-refractivity contribution in [2.24, 2.45) is 0 Å². The zero-order valence-corrected chi connectivity index (χ0v) is 36.0. The topological polar surface area (TPSA) is 185 Å². The number of rotatable bonds is 29. The summed E-state index contributed by atoms with van der Waals surface area (Å²) in [6, 6.07) is 21.1. The third-order valence-electron chi connectivity index (χ3n) is 8.28. The Kier molecular flexibility index (Phi) is 24.2. The molecule has 0 saturated carbocycles. The molecular formula is C48H56O15. The first-order chi connectivity index (χ1) is 30.6. The van der Waals surface area contributed by atoms with Gasteiger partial charge >= 0.3 is 35.8 Å². The fraction of sp³-hybridized carbons (Fsp3) is 0.375. The Morgan fingerprint density at radius 3 is 1.03 bits per heavy atom. The maximum atomic E-state index is 12.8. The molecule has 0 fully saturated rings. The van der Waals surface area contributed by atoms with Crippen LogP contribution in [0.2, 0.25) is 0 Å². The van der Waals surface area contributed by atoms with Crippen molar-refractivity contribution in [1.29, 1.82) is 0 Å². The van der Waals surface area contributed by atoms with E-state index < -0.39 is 41.9 Å². The number of esters is 6. The molecule has 0 saturated heterocycles. The molecule has 0 aliphatic rings. The van der Waals surface area contributed by atoms with Crippen LogP contribution in [0.3, 0.4) is 0 Å². The molecule has 3 rings (SSSR count). The molecule has 0 aliphatic carbocycles. The molecule has 0 atom stereocenters. The molecule has 0 spiro atoms. The molecule has 3 aromatic carbocycles. The van der Waals surface area contributed by atoms with E-state index in [2.05, 4.69) is 0 Å². The molecule has 338 valence electrons. The predicted octanol–water partition coefficient (Wildman–Crippen LogP) is 7.29. The summed E-state index contributed by atoms with van der Waals surface area (Å²) in [5, 5.41) is 0. The van der Waals surface area contributed by atoms with E-state index in [0.717, 1.165) is 16.7 Å². The van der Waals surface area contributed by atoms with E-state index in [-0.39, 0.29) is 52.3 Å². The van der Waals surface area contributed by atoms with E-state index in [0.29, 0.717) is 56.3 Å². The number of carbonyl (C=O) groups excluding carboxylic acids is 6. The first-order valence-electron chi connectivity index (χ1n) is 20.8. The van der Waals surface area contributed by atoms with Crippen molar-refractivity contribution in [2.75, 3.05) is 52.9 Å². The highest BCUT2D eigenvalue weighted by atomic mass is 16.6. The van der Waals surface area contributed by atoms with Crippen LogP contribution in [-0.4, -0.2) is 94.8 Å². The molecule has 0 bridgehead atoms. The van der Waals surface area contributed by atoms with Crippen LogP contribution in [-0.2, 0) is 57.2 Å². The summed E-state index contributed by atoms with van der Waals surface area (Å²) in [4.78, 5) is 72.6. The van der Waals surface area contributed by atoms with Crippen LogP contribution in [0, 0.1) is 0 Å². The molecule has 15 nitrogen and oxygen atoms in total. The standard InChI is InChI=1S/C48H56O15/c1-4-55-45(51)28-19-36-13-22-39(23-14-36)58-31-7-10-43(49)61-34-42(63-48(54)12-9-33-60-41-26-17-38(18-27-41)21-30-47(53)57-6-3)35-62-44(50)11-8-32-59-40-24-15-37(16-25-40)20-29-46(52)56-5-2/h13-30,42H,4-12,31-35H2,1-3H3. The summed E-state index contributed by atoms with van der Waals surface area (Å²) in [6.45, 7) is 6.07. The van der Waals surface area contributed by atoms with Gasteiger partial charge in [0.25, 0.3) is 0 Å². The SMILES string of the molecule is CCOC(=O)C=Cc1ccc(OCCCC(=O)OCC(COC(=O)CCCOc2ccc(C=CC(=O)OCC)cc2)OC(=O)CCCOc2ccc(C=CC(=O)OCC)cc2)cc1. The normalized spacial score (nSPS) is 11.5. The van der Waals surface area contributed by atoms with Crippen LogP contribution >= 0.6 is 0 Å². The molecule has 0 amide bonds. The van der Waals surface area contributed by atoms with Gasteiger partial charge in [-0.05, 0) is 111 Å². The smallest absolute Gasteiger partial charge is 0.330 e. The van der Waals surface area contributed by atoms with Gasteiger partial charge in [0.05, 0.1) is 39.6 Å². The lowest BCUT2D eigenvalue weighted by molar-refractivity contribution is -0.167. The summed E-state index contributed by atoms with van der Waals surface area (Å²) >= 11 is 0. The Morgan fingerprint density at radius 1 is 0.429 bits per heavy atom. The minimum Gasteiger partial charge on any atom is -0.494 e. The highest BCUT2D eigenvalue weighted by molar-refractivity contribution is 5.88. The van der Waals surface area contributed by atoms with Gasteiger partial charge in [-0.25, -0.2) is 14.4 Å². The van der Waals surface area contributed by atoms with Crippen LogP contribution in [0.15, 0.2) is 91.0 Å². The molecule has 15 heteroatoms. The Balaban J connectivity index is 1.43. The first kappa shape index (κ1) is 50.5. The lowest BCUT2D eigenvalue weighted by Crippen LogP contribution is -2.31. The fourth-order valence-corrected chi connectivity index (χ4v) is 5.19. The maximum absolute atomic E-state index is 12.8. The van der Waals surface area contributed by atoms with E-state index in [4.69, 9.17) is 42.6 Å². The molecule has 63 heavy (non-hydrogen) atoms. The minimum atomic E-state index is -1.05. The highest BCUT2D eigenvalue weighted by Gasteiger charge is 2.20. The quantitative estimate of drug-likeness (QED) is 0.0293. The molecule has 0 unspecified atom stereocenters. The molecule has 0 heterocycles. The second-order valence-corrected chi connectivity index (χ2v) is 13.3. The van der Waals surface area contributed by atoms with E-state index in [9.17, 15) is 28.8 Å². The van der Waals surface area contributed by atoms with Crippen molar-refractivity contribution in [1.82, 2.24) is 0 Å². The Bertz CT molecular complexity index is 1850. The van der Waals surface area contributed by atoms with Crippen molar-refractivity contribution in [3.05, 3.63) is 108 Å². The van der Waals surface area contributed by atoms with E-state index in [1.807, 2.05) is 0 Å². The Labute approximate surface area is 367 Å². The summed E-state index contributed by atoms with van der Waals surface area (Å²) < 4.78 is 48.1. The zero-order valence-electron chi connectivity index (χ0n) is 36.0. The van der Waals surface area contributed by atoms with Crippen molar-refractivity contribution in [3.63, 3.8) is 0 Å². The number of hydrogen-bond acceptors (Lipinski definition) is 15. The van der Waals surface area contributed by atoms with Gasteiger partial charge in [-0.15, -0.1) is 0 Å². The van der Waals surface area contributed by atoms with E-state index in [1.54, 1.807) is 112 Å². The van der Waals surface area contributed by atoms with Gasteiger partial charge in [0.15, 0.2) is 6.10 Å². The lowest BCUT2D eigenvalue weighted by atomic mass is 10.2. The second kappa shape index (κ2) is 30.2. The molecule has 0 aromatic heterocycles. The number of ether oxygens (including phenoxy) is 9. The van der Waals surface area contributed by atoms with Gasteiger partial charge in [0.2, 0.25) is 0 Å². The van der Waals surface area contributed by atoms with Crippen molar-refractivity contribution in [2.45, 2.75) is 65.4 Å². The Hall–Kier alpha value is -6.90. The van der Waals surface area contributed by atoms with Gasteiger partial charge in [-0.3, -0.25) is 14.4 Å². The van der Waals surface area contributed by atoms with Crippen molar-refractivity contribution in [3.8, 4) is 17.2 Å². The third kappa shape index (κ3) is 23.0. The minimum absolute atomic E-state index is 0.0151. The molecule has 0 aliphatic heterocycles. The van der Waals surface area contributed by atoms with Gasteiger partial charge in [0.1, 0.15) is 30.5 Å². The average Bonchev–Trinajstić information content (AvgIpc) is 3.28. The summed E-state index contributed by atoms with van der Waals surface area (Å²) in [5.41, 5.74) is 2.35. The van der Waals surface area contributed by atoms with Crippen LogP contribution < -0.4 is 14.2 Å². The number of carbonyl (C=O) groups is 6. The van der Waals surface area contributed by atoms with E-state index in [1.165, 1.54) is 18.2 Å². The summed E-state index contributed by atoms with van der Waals surface area (Å²) in [5.74, 6) is -1.27. The van der Waals surface area contributed by atoms with Gasteiger partial charge in [0, 0.05) is 37.5 Å². The van der Waals surface area contributed by atoms with Gasteiger partial charge < -0.3 is 42.6 Å². The van der Waals surface area contributed by atoms with E-state index >= 15 is 0 Å². The summed E-state index contributed by atoms with van der Waals surface area (Å²) in [7, 11) is 0.